The molecule has 0 spiro atoms. The Kier molecular flexibility index (Phi) is 7.32. The Hall–Kier alpha value is -1.76. The van der Waals surface area contributed by atoms with Crippen molar-refractivity contribution in [2.75, 3.05) is 55.4 Å². The molecular weight excluding hydrogens is 498 g/mol. The lowest BCUT2D eigenvalue weighted by Gasteiger charge is -2.36. The average molecular weight is 534 g/mol. The summed E-state index contributed by atoms with van der Waals surface area (Å²) in [5.41, 5.74) is 2.98. The number of aliphatic hydroxyl groups is 2. The first-order valence-corrected chi connectivity index (χ1v) is 14.5. The van der Waals surface area contributed by atoms with Crippen LogP contribution in [0.2, 0.25) is 0 Å². The summed E-state index contributed by atoms with van der Waals surface area (Å²) in [6.07, 6.45) is 1.59. The first-order chi connectivity index (χ1) is 17.2. The molecule has 0 aliphatic carbocycles. The van der Waals surface area contributed by atoms with Gasteiger partial charge in [-0.15, -0.1) is 11.3 Å². The highest BCUT2D eigenvalue weighted by Crippen LogP contribution is 2.45. The largest absolute Gasteiger partial charge is 0.392 e. The van der Waals surface area contributed by atoms with Gasteiger partial charge in [0.1, 0.15) is 10.6 Å². The van der Waals surface area contributed by atoms with Gasteiger partial charge in [0.25, 0.3) is 0 Å². The van der Waals surface area contributed by atoms with Crippen LogP contribution in [-0.2, 0) is 22.5 Å². The molecule has 9 nitrogen and oxygen atoms in total. The van der Waals surface area contributed by atoms with Crippen LogP contribution >= 0.6 is 23.1 Å². The molecule has 2 N–H and O–H groups in total. The SMILES string of the molecule is CSc1nc(N(CC(C)O)CC(C)O)c2sc3nc(N4CCOCC4)c4c(c3c2n1)CC(C)(C)OC4. The Balaban J connectivity index is 1.78. The molecule has 0 amide bonds. The third-order valence-electron chi connectivity index (χ3n) is 6.59. The van der Waals surface area contributed by atoms with Crippen molar-refractivity contribution >= 4 is 55.2 Å². The van der Waals surface area contributed by atoms with Crippen LogP contribution in [0.3, 0.4) is 0 Å². The number of thiophene rings is 1. The van der Waals surface area contributed by atoms with Crippen LogP contribution in [-0.4, -0.2) is 88.6 Å². The van der Waals surface area contributed by atoms with Gasteiger partial charge in [-0.05, 0) is 39.5 Å². The number of anilines is 2. The van der Waals surface area contributed by atoms with Crippen LogP contribution < -0.4 is 9.80 Å². The molecule has 3 aromatic rings. The van der Waals surface area contributed by atoms with Crippen molar-refractivity contribution in [3.63, 3.8) is 0 Å². The van der Waals surface area contributed by atoms with E-state index in [0.717, 1.165) is 57.1 Å². The Morgan fingerprint density at radius 2 is 1.78 bits per heavy atom. The van der Waals surface area contributed by atoms with Gasteiger partial charge in [0.05, 0.1) is 47.8 Å². The van der Waals surface area contributed by atoms with Gasteiger partial charge in [0, 0.05) is 43.5 Å². The summed E-state index contributed by atoms with van der Waals surface area (Å²) >= 11 is 3.08. The minimum absolute atomic E-state index is 0.291. The fraction of sp³-hybridized carbons (Fsp3) is 0.640. The smallest absolute Gasteiger partial charge is 0.189 e. The summed E-state index contributed by atoms with van der Waals surface area (Å²) in [5, 5.41) is 22.2. The van der Waals surface area contributed by atoms with E-state index < -0.39 is 12.2 Å². The Morgan fingerprint density at radius 3 is 2.42 bits per heavy atom. The molecule has 5 heterocycles. The highest BCUT2D eigenvalue weighted by molar-refractivity contribution is 7.98. The molecule has 2 unspecified atom stereocenters. The van der Waals surface area contributed by atoms with Gasteiger partial charge in [-0.2, -0.15) is 0 Å². The van der Waals surface area contributed by atoms with Crippen molar-refractivity contribution in [2.24, 2.45) is 0 Å². The molecule has 0 aromatic carbocycles. The van der Waals surface area contributed by atoms with Crippen molar-refractivity contribution in [1.29, 1.82) is 0 Å². The number of rotatable bonds is 7. The molecule has 0 radical (unpaired) electrons. The summed E-state index contributed by atoms with van der Waals surface area (Å²) < 4.78 is 12.8. The number of hydrogen-bond acceptors (Lipinski definition) is 11. The quantitative estimate of drug-likeness (QED) is 0.347. The van der Waals surface area contributed by atoms with Crippen LogP contribution in [0.25, 0.3) is 20.4 Å². The molecule has 196 valence electrons. The number of hydrogen-bond donors (Lipinski definition) is 2. The second kappa shape index (κ2) is 10.2. The number of morpholine rings is 1. The molecule has 5 rings (SSSR count). The number of aliphatic hydroxyl groups excluding tert-OH is 2. The number of fused-ring (bicyclic) bond motifs is 5. The number of aromatic nitrogens is 3. The second-order valence-corrected chi connectivity index (χ2v) is 12.1. The second-order valence-electron chi connectivity index (χ2n) is 10.3. The standard InChI is InChI=1S/C25H35N5O4S2/c1-14(31)11-30(12-15(2)32)22-20-19(26-24(28-22)35-5)18-16-10-25(3,4)34-13-17(16)21(27-23(18)36-20)29-6-8-33-9-7-29/h14-15,31-32H,6-13H2,1-5H3. The van der Waals surface area contributed by atoms with E-state index in [0.29, 0.717) is 38.1 Å². The topological polar surface area (TPSA) is 104 Å². The Morgan fingerprint density at radius 1 is 1.08 bits per heavy atom. The van der Waals surface area contributed by atoms with Gasteiger partial charge in [0.2, 0.25) is 0 Å². The maximum atomic E-state index is 10.2. The van der Waals surface area contributed by atoms with Crippen molar-refractivity contribution < 1.29 is 19.7 Å². The van der Waals surface area contributed by atoms with Gasteiger partial charge < -0.3 is 29.5 Å². The van der Waals surface area contributed by atoms with Gasteiger partial charge in [0.15, 0.2) is 11.0 Å². The minimum Gasteiger partial charge on any atom is -0.392 e. The third-order valence-corrected chi connectivity index (χ3v) is 8.21. The van der Waals surface area contributed by atoms with E-state index in [4.69, 9.17) is 24.4 Å². The summed E-state index contributed by atoms with van der Waals surface area (Å²) in [6, 6.07) is 0. The summed E-state index contributed by atoms with van der Waals surface area (Å²) in [4.78, 5) is 20.2. The molecule has 2 atom stereocenters. The van der Waals surface area contributed by atoms with Crippen LogP contribution in [0.15, 0.2) is 5.16 Å². The van der Waals surface area contributed by atoms with E-state index in [1.165, 1.54) is 17.3 Å². The molecule has 36 heavy (non-hydrogen) atoms. The Labute approximate surface area is 219 Å². The van der Waals surface area contributed by atoms with Gasteiger partial charge in [-0.25, -0.2) is 15.0 Å². The van der Waals surface area contributed by atoms with Crippen LogP contribution in [0, 0.1) is 0 Å². The lowest BCUT2D eigenvalue weighted by Crippen LogP contribution is -2.39. The third kappa shape index (κ3) is 5.01. The molecule has 2 aliphatic rings. The highest BCUT2D eigenvalue weighted by atomic mass is 32.2. The van der Waals surface area contributed by atoms with Crippen molar-refractivity contribution in [1.82, 2.24) is 15.0 Å². The first kappa shape index (κ1) is 25.9. The van der Waals surface area contributed by atoms with E-state index in [1.807, 2.05) is 11.2 Å². The Bertz CT molecular complexity index is 1250. The van der Waals surface area contributed by atoms with Gasteiger partial charge in [-0.3, -0.25) is 0 Å². The maximum Gasteiger partial charge on any atom is 0.189 e. The monoisotopic (exact) mass is 533 g/mol. The fourth-order valence-corrected chi connectivity index (χ4v) is 6.57. The van der Waals surface area contributed by atoms with E-state index in [1.54, 1.807) is 25.2 Å². The van der Waals surface area contributed by atoms with Crippen molar-refractivity contribution in [2.45, 2.75) is 63.7 Å². The van der Waals surface area contributed by atoms with Crippen molar-refractivity contribution in [3.8, 4) is 0 Å². The molecule has 2 aliphatic heterocycles. The highest BCUT2D eigenvalue weighted by Gasteiger charge is 2.34. The predicted molar refractivity (Wildman–Crippen MR) is 146 cm³/mol. The van der Waals surface area contributed by atoms with E-state index >= 15 is 0 Å². The van der Waals surface area contributed by atoms with E-state index in [-0.39, 0.29) is 5.60 Å². The zero-order chi connectivity index (χ0) is 25.6. The number of pyridine rings is 1. The number of ether oxygens (including phenoxy) is 2. The van der Waals surface area contributed by atoms with Crippen LogP contribution in [0.5, 0.6) is 0 Å². The predicted octanol–water partition coefficient (Wildman–Crippen LogP) is 3.22. The zero-order valence-corrected chi connectivity index (χ0v) is 23.2. The average Bonchev–Trinajstić information content (AvgIpc) is 3.20. The van der Waals surface area contributed by atoms with E-state index in [2.05, 4.69) is 18.7 Å². The maximum absolute atomic E-state index is 10.2. The van der Waals surface area contributed by atoms with Gasteiger partial charge in [-0.1, -0.05) is 11.8 Å². The molecule has 1 fully saturated rings. The lowest BCUT2D eigenvalue weighted by molar-refractivity contribution is -0.0396. The molecule has 11 heteroatoms. The molecular formula is C25H35N5O4S2. The molecule has 0 saturated carbocycles. The molecule has 3 aromatic heterocycles. The number of thioether (sulfide) groups is 1. The fourth-order valence-electron chi connectivity index (χ4n) is 5.05. The summed E-state index contributed by atoms with van der Waals surface area (Å²) in [7, 11) is 0. The summed E-state index contributed by atoms with van der Waals surface area (Å²) in [6.45, 7) is 12.0. The van der Waals surface area contributed by atoms with Crippen LogP contribution in [0.4, 0.5) is 11.6 Å². The molecule has 1 saturated heterocycles. The normalized spacial score (nSPS) is 19.5. The lowest BCUT2D eigenvalue weighted by atomic mass is 9.90. The van der Waals surface area contributed by atoms with Crippen LogP contribution in [0.1, 0.15) is 38.8 Å². The first-order valence-electron chi connectivity index (χ1n) is 12.4. The zero-order valence-electron chi connectivity index (χ0n) is 21.6. The summed E-state index contributed by atoms with van der Waals surface area (Å²) in [5.74, 6) is 1.72. The van der Waals surface area contributed by atoms with E-state index in [9.17, 15) is 10.2 Å². The van der Waals surface area contributed by atoms with Gasteiger partial charge >= 0.3 is 0 Å². The van der Waals surface area contributed by atoms with Crippen molar-refractivity contribution in [3.05, 3.63) is 11.1 Å². The molecule has 0 bridgehead atoms. The number of nitrogens with zero attached hydrogens (tertiary/aromatic N) is 5. The minimum atomic E-state index is -0.572.